The van der Waals surface area contributed by atoms with Gasteiger partial charge < -0.3 is 9.15 Å². The fraction of sp³-hybridized carbons (Fsp3) is 0.190. The molecule has 27 heavy (non-hydrogen) atoms. The van der Waals surface area contributed by atoms with Crippen molar-refractivity contribution in [1.82, 2.24) is 5.32 Å². The topological polar surface area (TPSA) is 80.9 Å². The van der Waals surface area contributed by atoms with Crippen LogP contribution in [0.3, 0.4) is 0 Å². The summed E-state index contributed by atoms with van der Waals surface area (Å²) in [6.07, 6.45) is 0. The number of nitrogens with one attached hydrogen (secondary N) is 1. The van der Waals surface area contributed by atoms with E-state index in [-0.39, 0.29) is 11.1 Å². The number of aryl methyl sites for hydroxylation is 1. The van der Waals surface area contributed by atoms with Crippen molar-refractivity contribution >= 4 is 28.5 Å². The number of nitrogens with zero attached hydrogens (tertiary/aromatic N) is 1. The fourth-order valence-electron chi connectivity index (χ4n) is 2.72. The molecule has 0 spiro atoms. The lowest BCUT2D eigenvalue weighted by atomic mass is 10.1. The zero-order chi connectivity index (χ0) is 19.6. The molecule has 0 atom stereocenters. The molecule has 138 valence electrons. The summed E-state index contributed by atoms with van der Waals surface area (Å²) in [6, 6.07) is 12.7. The van der Waals surface area contributed by atoms with Gasteiger partial charge in [0.2, 0.25) is 11.5 Å². The Hall–Kier alpha value is -3.41. The predicted octanol–water partition coefficient (Wildman–Crippen LogP) is 3.57. The van der Waals surface area contributed by atoms with Crippen LogP contribution in [0.1, 0.15) is 28.4 Å². The van der Waals surface area contributed by atoms with E-state index in [0.717, 1.165) is 11.1 Å². The standard InChI is InChI=1S/C21H20N2O4/c1-12-7-5-9-17(13(12)2)23-21-16(20(25)22-14(3)24)11-15-8-6-10-18(26-4)19(15)27-21/h5-11H,1-4H3,(H,22,24,25). The molecule has 3 aromatic rings. The SMILES string of the molecule is COc1cccc2cc(C(=O)NC(C)=O)c(=Nc3cccc(C)c3C)oc12. The van der Waals surface area contributed by atoms with Gasteiger partial charge in [-0.2, -0.15) is 0 Å². The van der Waals surface area contributed by atoms with E-state index in [1.165, 1.54) is 6.92 Å². The lowest BCUT2D eigenvalue weighted by Gasteiger charge is -2.08. The summed E-state index contributed by atoms with van der Waals surface area (Å²) in [6.45, 7) is 5.21. The van der Waals surface area contributed by atoms with Gasteiger partial charge in [-0.05, 0) is 43.2 Å². The van der Waals surface area contributed by atoms with Crippen molar-refractivity contribution in [3.63, 3.8) is 0 Å². The van der Waals surface area contributed by atoms with Crippen LogP contribution in [0.5, 0.6) is 5.75 Å². The van der Waals surface area contributed by atoms with Crippen LogP contribution in [0, 0.1) is 13.8 Å². The normalized spacial score (nSPS) is 11.5. The van der Waals surface area contributed by atoms with E-state index in [1.54, 1.807) is 31.4 Å². The number of carbonyl (C=O) groups excluding carboxylic acids is 2. The van der Waals surface area contributed by atoms with Crippen LogP contribution in [0.15, 0.2) is 51.9 Å². The van der Waals surface area contributed by atoms with Gasteiger partial charge in [-0.3, -0.25) is 14.9 Å². The molecule has 0 radical (unpaired) electrons. The third kappa shape index (κ3) is 3.74. The van der Waals surface area contributed by atoms with Crippen molar-refractivity contribution in [2.24, 2.45) is 4.99 Å². The van der Waals surface area contributed by atoms with Gasteiger partial charge in [-0.25, -0.2) is 4.99 Å². The summed E-state index contributed by atoms with van der Waals surface area (Å²) in [7, 11) is 1.54. The molecule has 0 saturated carbocycles. The number of methoxy groups -OCH3 is 1. The van der Waals surface area contributed by atoms with Crippen LogP contribution >= 0.6 is 0 Å². The summed E-state index contributed by atoms with van der Waals surface area (Å²) in [5.74, 6) is -0.494. The summed E-state index contributed by atoms with van der Waals surface area (Å²) in [5.41, 5.74) is 3.50. The highest BCUT2D eigenvalue weighted by atomic mass is 16.5. The molecule has 0 aliphatic heterocycles. The van der Waals surface area contributed by atoms with Gasteiger partial charge in [0.25, 0.3) is 5.91 Å². The quantitative estimate of drug-likeness (QED) is 0.770. The molecule has 1 N–H and O–H groups in total. The zero-order valence-electron chi connectivity index (χ0n) is 15.6. The number of imide groups is 1. The maximum Gasteiger partial charge on any atom is 0.263 e. The highest BCUT2D eigenvalue weighted by Gasteiger charge is 2.16. The highest BCUT2D eigenvalue weighted by molar-refractivity contribution is 6.05. The van der Waals surface area contributed by atoms with Gasteiger partial charge in [-0.1, -0.05) is 24.3 Å². The average Bonchev–Trinajstić information content (AvgIpc) is 2.63. The molecule has 3 rings (SSSR count). The summed E-state index contributed by atoms with van der Waals surface area (Å²) >= 11 is 0. The Morgan fingerprint density at radius 1 is 1.11 bits per heavy atom. The Bertz CT molecular complexity index is 1110. The smallest absolute Gasteiger partial charge is 0.263 e. The zero-order valence-corrected chi connectivity index (χ0v) is 15.6. The monoisotopic (exact) mass is 364 g/mol. The average molecular weight is 364 g/mol. The molecular formula is C21H20N2O4. The number of rotatable bonds is 3. The Balaban J connectivity index is 2.33. The number of amides is 2. The second-order valence-corrected chi connectivity index (χ2v) is 6.19. The van der Waals surface area contributed by atoms with Gasteiger partial charge in [0, 0.05) is 12.3 Å². The lowest BCUT2D eigenvalue weighted by molar-refractivity contribution is -0.118. The minimum absolute atomic E-state index is 0.111. The van der Waals surface area contributed by atoms with Crippen molar-refractivity contribution in [3.05, 3.63) is 64.7 Å². The summed E-state index contributed by atoms with van der Waals surface area (Å²) < 4.78 is 11.3. The van der Waals surface area contributed by atoms with Crippen molar-refractivity contribution in [2.75, 3.05) is 7.11 Å². The van der Waals surface area contributed by atoms with Gasteiger partial charge in [0.05, 0.1) is 12.8 Å². The number of carbonyl (C=O) groups is 2. The minimum atomic E-state index is -0.569. The predicted molar refractivity (Wildman–Crippen MR) is 102 cm³/mol. The molecule has 6 heteroatoms. The molecule has 0 fully saturated rings. The van der Waals surface area contributed by atoms with Crippen molar-refractivity contribution < 1.29 is 18.7 Å². The van der Waals surface area contributed by atoms with E-state index < -0.39 is 11.8 Å². The fourth-order valence-corrected chi connectivity index (χ4v) is 2.72. The molecule has 6 nitrogen and oxygen atoms in total. The molecule has 0 saturated heterocycles. The third-order valence-corrected chi connectivity index (χ3v) is 4.29. The van der Waals surface area contributed by atoms with Crippen molar-refractivity contribution in [2.45, 2.75) is 20.8 Å². The number of ether oxygens (including phenoxy) is 1. The molecule has 1 heterocycles. The molecular weight excluding hydrogens is 344 g/mol. The Morgan fingerprint density at radius 3 is 2.56 bits per heavy atom. The molecule has 2 amide bonds. The largest absolute Gasteiger partial charge is 0.493 e. The van der Waals surface area contributed by atoms with Crippen LogP contribution in [0.4, 0.5) is 5.69 Å². The van der Waals surface area contributed by atoms with Gasteiger partial charge in [0.1, 0.15) is 5.56 Å². The molecule has 0 aliphatic carbocycles. The second kappa shape index (κ2) is 7.45. The van der Waals surface area contributed by atoms with Crippen LogP contribution in [-0.2, 0) is 4.79 Å². The Kier molecular flexibility index (Phi) is 5.07. The van der Waals surface area contributed by atoms with Crippen LogP contribution < -0.4 is 15.6 Å². The maximum atomic E-state index is 12.5. The number of hydrogen-bond donors (Lipinski definition) is 1. The number of hydrogen-bond acceptors (Lipinski definition) is 5. The van der Waals surface area contributed by atoms with Gasteiger partial charge in [0.15, 0.2) is 11.3 Å². The van der Waals surface area contributed by atoms with E-state index in [9.17, 15) is 9.59 Å². The van der Waals surface area contributed by atoms with Gasteiger partial charge in [-0.15, -0.1) is 0 Å². The molecule has 0 aliphatic rings. The highest BCUT2D eigenvalue weighted by Crippen LogP contribution is 2.25. The molecule has 1 aromatic heterocycles. The molecule has 0 bridgehead atoms. The van der Waals surface area contributed by atoms with Crippen LogP contribution in [-0.4, -0.2) is 18.9 Å². The van der Waals surface area contributed by atoms with E-state index in [0.29, 0.717) is 22.4 Å². The lowest BCUT2D eigenvalue weighted by Crippen LogP contribution is -2.32. The third-order valence-electron chi connectivity index (χ3n) is 4.29. The number of fused-ring (bicyclic) bond motifs is 1. The van der Waals surface area contributed by atoms with Gasteiger partial charge >= 0.3 is 0 Å². The van der Waals surface area contributed by atoms with Crippen molar-refractivity contribution in [1.29, 1.82) is 0 Å². The second-order valence-electron chi connectivity index (χ2n) is 6.19. The minimum Gasteiger partial charge on any atom is -0.493 e. The first kappa shape index (κ1) is 18.4. The molecule has 2 aromatic carbocycles. The number of benzene rings is 2. The van der Waals surface area contributed by atoms with E-state index in [1.807, 2.05) is 32.0 Å². The summed E-state index contributed by atoms with van der Waals surface area (Å²) in [5, 5.41) is 2.94. The first-order valence-electron chi connectivity index (χ1n) is 8.44. The van der Waals surface area contributed by atoms with E-state index in [4.69, 9.17) is 9.15 Å². The van der Waals surface area contributed by atoms with Crippen LogP contribution in [0.2, 0.25) is 0 Å². The van der Waals surface area contributed by atoms with E-state index >= 15 is 0 Å². The number of para-hydroxylation sites is 1. The first-order valence-corrected chi connectivity index (χ1v) is 8.44. The molecule has 0 unspecified atom stereocenters. The van der Waals surface area contributed by atoms with E-state index in [2.05, 4.69) is 10.3 Å². The summed E-state index contributed by atoms with van der Waals surface area (Å²) in [4.78, 5) is 28.4. The Morgan fingerprint density at radius 2 is 1.85 bits per heavy atom. The van der Waals surface area contributed by atoms with Crippen LogP contribution in [0.25, 0.3) is 11.0 Å². The Labute approximate surface area is 156 Å². The van der Waals surface area contributed by atoms with Crippen molar-refractivity contribution in [3.8, 4) is 5.75 Å². The first-order chi connectivity index (χ1) is 12.9. The maximum absolute atomic E-state index is 12.5.